The van der Waals surface area contributed by atoms with Crippen LogP contribution in [0.25, 0.3) is 34.2 Å². The second-order valence-electron chi connectivity index (χ2n) is 7.99. The Morgan fingerprint density at radius 2 is 1.75 bits per heavy atom. The van der Waals surface area contributed by atoms with Crippen molar-refractivity contribution in [3.05, 3.63) is 83.2 Å². The highest BCUT2D eigenvalue weighted by Gasteiger charge is 2.19. The van der Waals surface area contributed by atoms with Crippen LogP contribution in [0, 0.1) is 20.8 Å². The molecule has 8 heteroatoms. The number of aromatic nitrogens is 7. The molecule has 5 aromatic rings. The molecular formula is C24H20N8. The molecule has 6 rings (SSSR count). The monoisotopic (exact) mass is 420 g/mol. The zero-order valence-electron chi connectivity index (χ0n) is 17.9. The van der Waals surface area contributed by atoms with Gasteiger partial charge >= 0.3 is 0 Å². The van der Waals surface area contributed by atoms with Crippen molar-refractivity contribution in [2.45, 2.75) is 20.8 Å². The Kier molecular flexibility index (Phi) is 3.94. The number of rotatable bonds is 2. The van der Waals surface area contributed by atoms with Gasteiger partial charge in [0, 0.05) is 23.7 Å². The van der Waals surface area contributed by atoms with Gasteiger partial charge in [-0.3, -0.25) is 9.55 Å². The lowest BCUT2D eigenvalue weighted by molar-refractivity contribution is 0.788. The summed E-state index contributed by atoms with van der Waals surface area (Å²) in [6.45, 7) is 6.20. The first-order valence-corrected chi connectivity index (χ1v) is 10.4. The molecular weight excluding hydrogens is 400 g/mol. The first-order chi connectivity index (χ1) is 15.6. The second kappa shape index (κ2) is 6.84. The third-order valence-corrected chi connectivity index (χ3v) is 5.94. The normalized spacial score (nSPS) is 12.7. The number of fused-ring (bicyclic) bond motifs is 4. The summed E-state index contributed by atoms with van der Waals surface area (Å²) in [4.78, 5) is 8.80. The molecule has 0 unspecified atom stereocenters. The predicted octanol–water partition coefficient (Wildman–Crippen LogP) is 4.25. The summed E-state index contributed by atoms with van der Waals surface area (Å²) in [5.74, 6) is 1.61. The van der Waals surface area contributed by atoms with Crippen molar-refractivity contribution in [3.63, 3.8) is 0 Å². The van der Waals surface area contributed by atoms with Crippen molar-refractivity contribution in [2.24, 2.45) is 0 Å². The lowest BCUT2D eigenvalue weighted by Crippen LogP contribution is -2.04. The molecule has 0 atom stereocenters. The summed E-state index contributed by atoms with van der Waals surface area (Å²) in [6, 6.07) is 14.6. The Bertz CT molecular complexity index is 1520. The van der Waals surface area contributed by atoms with Gasteiger partial charge in [-0.1, -0.05) is 12.1 Å². The molecule has 0 fully saturated rings. The fraction of sp³-hybridized carbons (Fsp3) is 0.125. The average molecular weight is 420 g/mol. The first kappa shape index (κ1) is 18.4. The van der Waals surface area contributed by atoms with Crippen LogP contribution in [0.4, 0.5) is 5.69 Å². The van der Waals surface area contributed by atoms with E-state index in [2.05, 4.69) is 85.6 Å². The van der Waals surface area contributed by atoms with Crippen LogP contribution in [0.15, 0.2) is 54.9 Å². The maximum atomic E-state index is 4.63. The Balaban J connectivity index is 1.44. The number of hydrogen-bond donors (Lipinski definition) is 1. The van der Waals surface area contributed by atoms with Gasteiger partial charge in [-0.05, 0) is 78.2 Å². The van der Waals surface area contributed by atoms with Gasteiger partial charge in [0.25, 0.3) is 0 Å². The smallest absolute Gasteiger partial charge is 0.182 e. The van der Waals surface area contributed by atoms with Crippen LogP contribution >= 0.6 is 0 Å². The molecule has 0 aliphatic carbocycles. The minimum atomic E-state index is 0.683. The summed E-state index contributed by atoms with van der Waals surface area (Å²) < 4.78 is 3.91. The van der Waals surface area contributed by atoms with Crippen LogP contribution in [0.3, 0.4) is 0 Å². The van der Waals surface area contributed by atoms with E-state index >= 15 is 0 Å². The molecule has 32 heavy (non-hydrogen) atoms. The van der Waals surface area contributed by atoms with E-state index in [1.54, 1.807) is 17.1 Å². The van der Waals surface area contributed by atoms with Gasteiger partial charge in [-0.2, -0.15) is 4.68 Å². The molecule has 3 aromatic heterocycles. The lowest BCUT2D eigenvalue weighted by atomic mass is 10.1. The van der Waals surface area contributed by atoms with Gasteiger partial charge in [0.15, 0.2) is 5.82 Å². The first-order valence-electron chi connectivity index (χ1n) is 10.4. The number of pyridine rings is 1. The van der Waals surface area contributed by atoms with Gasteiger partial charge in [0.1, 0.15) is 11.3 Å². The Hall–Kier alpha value is -4.33. The van der Waals surface area contributed by atoms with Crippen molar-refractivity contribution in [2.75, 3.05) is 5.32 Å². The number of benzene rings is 2. The van der Waals surface area contributed by atoms with E-state index in [1.165, 1.54) is 11.1 Å². The summed E-state index contributed by atoms with van der Waals surface area (Å²) in [6.07, 6.45) is 5.56. The molecule has 0 radical (unpaired) electrons. The molecule has 0 spiro atoms. The number of nitrogens with one attached hydrogen (secondary N) is 1. The van der Waals surface area contributed by atoms with Crippen LogP contribution in [-0.2, 0) is 0 Å². The van der Waals surface area contributed by atoms with E-state index in [1.807, 2.05) is 19.1 Å². The van der Waals surface area contributed by atoms with Gasteiger partial charge < -0.3 is 5.32 Å². The van der Waals surface area contributed by atoms with Crippen LogP contribution in [-0.4, -0.2) is 34.7 Å². The number of tetrazole rings is 1. The van der Waals surface area contributed by atoms with E-state index in [0.717, 1.165) is 45.2 Å². The molecule has 1 N–H and O–H groups in total. The highest BCUT2D eigenvalue weighted by molar-refractivity contribution is 5.91. The molecule has 0 amide bonds. The zero-order chi connectivity index (χ0) is 21.8. The highest BCUT2D eigenvalue weighted by atomic mass is 15.5. The topological polar surface area (TPSA) is 86.3 Å². The minimum Gasteiger partial charge on any atom is -0.353 e. The van der Waals surface area contributed by atoms with Crippen molar-refractivity contribution in [1.29, 1.82) is 0 Å². The van der Waals surface area contributed by atoms with Crippen LogP contribution in [0.5, 0.6) is 0 Å². The maximum Gasteiger partial charge on any atom is 0.182 e. The van der Waals surface area contributed by atoms with Crippen molar-refractivity contribution < 1.29 is 0 Å². The minimum absolute atomic E-state index is 0.683. The van der Waals surface area contributed by atoms with Gasteiger partial charge in [0.05, 0.1) is 23.1 Å². The molecule has 1 aliphatic rings. The standard InChI is InChI=1S/C24H20N8/c1-14-10-20-23(11-15(14)2)32-24(28-29-30-32)12-19(27-20)17-4-6-18(7-5-17)31-16(3)26-21-13-25-9-8-22(21)31/h4-13,27H,1-3H3. The van der Waals surface area contributed by atoms with Crippen LogP contribution in [0.2, 0.25) is 0 Å². The summed E-state index contributed by atoms with van der Waals surface area (Å²) >= 11 is 0. The van der Waals surface area contributed by atoms with Gasteiger partial charge in [0.2, 0.25) is 0 Å². The third kappa shape index (κ3) is 2.80. The Morgan fingerprint density at radius 1 is 0.938 bits per heavy atom. The zero-order valence-corrected chi connectivity index (χ0v) is 17.9. The molecule has 0 saturated carbocycles. The highest BCUT2D eigenvalue weighted by Crippen LogP contribution is 2.32. The molecule has 4 heterocycles. The number of anilines is 1. The Morgan fingerprint density at radius 3 is 2.59 bits per heavy atom. The molecule has 8 nitrogen and oxygen atoms in total. The second-order valence-corrected chi connectivity index (χ2v) is 7.99. The number of hydrogen-bond acceptors (Lipinski definition) is 6. The fourth-order valence-corrected chi connectivity index (χ4v) is 4.17. The maximum absolute atomic E-state index is 4.63. The predicted molar refractivity (Wildman–Crippen MR) is 124 cm³/mol. The Labute approximate surface area is 184 Å². The molecule has 2 aromatic carbocycles. The summed E-state index contributed by atoms with van der Waals surface area (Å²) in [5, 5.41) is 15.9. The number of imidazole rings is 1. The molecule has 0 bridgehead atoms. The van der Waals surface area contributed by atoms with E-state index in [4.69, 9.17) is 0 Å². The largest absolute Gasteiger partial charge is 0.353 e. The van der Waals surface area contributed by atoms with E-state index < -0.39 is 0 Å². The van der Waals surface area contributed by atoms with E-state index in [0.29, 0.717) is 5.82 Å². The van der Waals surface area contributed by atoms with E-state index in [-0.39, 0.29) is 0 Å². The number of aryl methyl sites for hydroxylation is 3. The third-order valence-electron chi connectivity index (χ3n) is 5.94. The lowest BCUT2D eigenvalue weighted by Gasteiger charge is -2.15. The SMILES string of the molecule is Cc1cc2c(cc1C)-n1nnnc1C=C(c1ccc(-n3c(C)nc4cnccc43)cc1)N2. The van der Waals surface area contributed by atoms with Crippen LogP contribution < -0.4 is 5.32 Å². The van der Waals surface area contributed by atoms with Crippen molar-refractivity contribution >= 4 is 28.5 Å². The van der Waals surface area contributed by atoms with Crippen LogP contribution in [0.1, 0.15) is 28.3 Å². The van der Waals surface area contributed by atoms with Gasteiger partial charge in [-0.15, -0.1) is 5.10 Å². The molecule has 1 aliphatic heterocycles. The van der Waals surface area contributed by atoms with Crippen molar-refractivity contribution in [3.8, 4) is 11.4 Å². The fourth-order valence-electron chi connectivity index (χ4n) is 4.17. The molecule has 0 saturated heterocycles. The van der Waals surface area contributed by atoms with Crippen molar-refractivity contribution in [1.82, 2.24) is 34.7 Å². The quantitative estimate of drug-likeness (QED) is 0.460. The molecule has 156 valence electrons. The average Bonchev–Trinajstić information content (AvgIpc) is 3.35. The number of nitrogens with zero attached hydrogens (tertiary/aromatic N) is 7. The summed E-state index contributed by atoms with van der Waals surface area (Å²) in [5.41, 5.74) is 9.25. The van der Waals surface area contributed by atoms with Gasteiger partial charge in [-0.25, -0.2) is 4.98 Å². The van der Waals surface area contributed by atoms with E-state index in [9.17, 15) is 0 Å². The summed E-state index contributed by atoms with van der Waals surface area (Å²) in [7, 11) is 0.